The van der Waals surface area contributed by atoms with E-state index in [9.17, 15) is 4.79 Å². The van der Waals surface area contributed by atoms with Gasteiger partial charge in [-0.1, -0.05) is 12.1 Å². The van der Waals surface area contributed by atoms with Gasteiger partial charge in [-0.15, -0.1) is 0 Å². The van der Waals surface area contributed by atoms with E-state index >= 15 is 0 Å². The maximum absolute atomic E-state index is 13.4. The van der Waals surface area contributed by atoms with Crippen LogP contribution in [-0.4, -0.2) is 44.1 Å². The molecule has 0 unspecified atom stereocenters. The minimum Gasteiger partial charge on any atom is -0.497 e. The number of benzene rings is 3. The summed E-state index contributed by atoms with van der Waals surface area (Å²) in [6.45, 7) is 2.99. The van der Waals surface area contributed by atoms with Crippen molar-refractivity contribution in [2.24, 2.45) is 0 Å². The van der Waals surface area contributed by atoms with Crippen molar-refractivity contribution in [1.29, 1.82) is 5.26 Å². The van der Waals surface area contributed by atoms with Crippen LogP contribution >= 0.6 is 0 Å². The minimum atomic E-state index is 0.0308. The molecule has 0 aliphatic carbocycles. The fraction of sp³-hybridized carbons (Fsp3) is 0.231. The zero-order valence-corrected chi connectivity index (χ0v) is 18.1. The molecule has 0 aromatic heterocycles. The summed E-state index contributed by atoms with van der Waals surface area (Å²) in [7, 11) is 1.64. The van der Waals surface area contributed by atoms with Crippen LogP contribution in [0.4, 0.5) is 17.1 Å². The molecule has 4 rings (SSSR count). The number of anilines is 3. The minimum absolute atomic E-state index is 0.0308. The van der Waals surface area contributed by atoms with E-state index in [0.29, 0.717) is 24.2 Å². The molecule has 1 fully saturated rings. The molecule has 0 radical (unpaired) electrons. The summed E-state index contributed by atoms with van der Waals surface area (Å²) in [5.41, 5.74) is 4.08. The summed E-state index contributed by atoms with van der Waals surface area (Å²) in [6.07, 6.45) is 0.889. The van der Waals surface area contributed by atoms with Gasteiger partial charge in [-0.3, -0.25) is 4.79 Å². The van der Waals surface area contributed by atoms with E-state index in [1.807, 2.05) is 77.7 Å². The quantitative estimate of drug-likeness (QED) is 0.643. The maximum atomic E-state index is 13.4. The van der Waals surface area contributed by atoms with Gasteiger partial charge in [-0.25, -0.2) is 0 Å². The molecule has 1 saturated heterocycles. The first-order valence-corrected chi connectivity index (χ1v) is 10.7. The van der Waals surface area contributed by atoms with Gasteiger partial charge in [-0.05, 0) is 67.1 Å². The van der Waals surface area contributed by atoms with Gasteiger partial charge in [0.1, 0.15) is 5.75 Å². The predicted octanol–water partition coefficient (Wildman–Crippen LogP) is 4.66. The SMILES string of the molecule is COc1ccc(Nc2ccccc2C(=O)N2CCCN(c3ccc(C#N)cc3)CC2)cc1. The number of nitrogens with one attached hydrogen (secondary N) is 1. The molecule has 0 bridgehead atoms. The van der Waals surface area contributed by atoms with E-state index in [-0.39, 0.29) is 5.91 Å². The first-order valence-electron chi connectivity index (χ1n) is 10.7. The Morgan fingerprint density at radius 3 is 2.41 bits per heavy atom. The number of rotatable bonds is 5. The second-order valence-corrected chi connectivity index (χ2v) is 7.69. The number of carbonyl (C=O) groups excluding carboxylic acids is 1. The molecule has 32 heavy (non-hydrogen) atoms. The summed E-state index contributed by atoms with van der Waals surface area (Å²) in [5, 5.41) is 12.4. The molecule has 1 aliphatic rings. The Kier molecular flexibility index (Phi) is 6.57. The van der Waals surface area contributed by atoms with Gasteiger partial charge < -0.3 is 19.9 Å². The molecule has 6 nitrogen and oxygen atoms in total. The lowest BCUT2D eigenvalue weighted by atomic mass is 10.1. The largest absolute Gasteiger partial charge is 0.497 e. The van der Waals surface area contributed by atoms with E-state index in [1.165, 1.54) is 0 Å². The molecule has 162 valence electrons. The van der Waals surface area contributed by atoms with Crippen LogP contribution in [0, 0.1) is 11.3 Å². The molecule has 1 aliphatic heterocycles. The standard InChI is InChI=1S/C26H26N4O2/c1-32-23-13-9-21(10-14-23)28-25-6-3-2-5-24(25)26(31)30-16-4-15-29(17-18-30)22-11-7-20(19-27)8-12-22/h2-3,5-14,28H,4,15-18H2,1H3. The Hall–Kier alpha value is -3.98. The van der Waals surface area contributed by atoms with E-state index in [2.05, 4.69) is 16.3 Å². The van der Waals surface area contributed by atoms with Gasteiger partial charge in [-0.2, -0.15) is 5.26 Å². The van der Waals surface area contributed by atoms with E-state index in [0.717, 1.165) is 42.3 Å². The number of methoxy groups -OCH3 is 1. The number of hydrogen-bond donors (Lipinski definition) is 1. The van der Waals surface area contributed by atoms with Gasteiger partial charge in [0.05, 0.1) is 30.0 Å². The topological polar surface area (TPSA) is 68.6 Å². The molecule has 0 spiro atoms. The predicted molar refractivity (Wildman–Crippen MR) is 127 cm³/mol. The molecular weight excluding hydrogens is 400 g/mol. The Balaban J connectivity index is 1.46. The lowest BCUT2D eigenvalue weighted by Crippen LogP contribution is -2.35. The Morgan fingerprint density at radius 2 is 1.69 bits per heavy atom. The third-order valence-corrected chi connectivity index (χ3v) is 5.67. The number of nitriles is 1. The second kappa shape index (κ2) is 9.88. The van der Waals surface area contributed by atoms with Crippen LogP contribution in [0.25, 0.3) is 0 Å². The van der Waals surface area contributed by atoms with Crippen LogP contribution in [0.1, 0.15) is 22.3 Å². The molecule has 1 heterocycles. The molecule has 1 N–H and O–H groups in total. The molecule has 3 aromatic rings. The highest BCUT2D eigenvalue weighted by atomic mass is 16.5. The van der Waals surface area contributed by atoms with Crippen molar-refractivity contribution in [2.45, 2.75) is 6.42 Å². The number of carbonyl (C=O) groups is 1. The van der Waals surface area contributed by atoms with Crippen molar-refractivity contribution in [3.63, 3.8) is 0 Å². The summed E-state index contributed by atoms with van der Waals surface area (Å²) in [6, 6.07) is 25.0. The van der Waals surface area contributed by atoms with Crippen molar-refractivity contribution >= 4 is 23.0 Å². The third-order valence-electron chi connectivity index (χ3n) is 5.67. The maximum Gasteiger partial charge on any atom is 0.256 e. The fourth-order valence-electron chi connectivity index (χ4n) is 3.90. The number of para-hydroxylation sites is 1. The number of hydrogen-bond acceptors (Lipinski definition) is 5. The zero-order chi connectivity index (χ0) is 22.3. The average Bonchev–Trinajstić information content (AvgIpc) is 3.11. The number of amides is 1. The van der Waals surface area contributed by atoms with Crippen molar-refractivity contribution in [3.8, 4) is 11.8 Å². The van der Waals surface area contributed by atoms with E-state index < -0.39 is 0 Å². The van der Waals surface area contributed by atoms with E-state index in [4.69, 9.17) is 10.00 Å². The van der Waals surface area contributed by atoms with Gasteiger partial charge >= 0.3 is 0 Å². The van der Waals surface area contributed by atoms with Crippen molar-refractivity contribution in [2.75, 3.05) is 43.5 Å². The summed E-state index contributed by atoms with van der Waals surface area (Å²) in [5.74, 6) is 0.819. The summed E-state index contributed by atoms with van der Waals surface area (Å²) >= 11 is 0. The Morgan fingerprint density at radius 1 is 0.938 bits per heavy atom. The number of ether oxygens (including phenoxy) is 1. The summed E-state index contributed by atoms with van der Waals surface area (Å²) < 4.78 is 5.22. The summed E-state index contributed by atoms with van der Waals surface area (Å²) in [4.78, 5) is 17.6. The normalized spacial score (nSPS) is 13.8. The Labute approximate surface area is 188 Å². The van der Waals surface area contributed by atoms with Crippen LogP contribution in [0.3, 0.4) is 0 Å². The first kappa shape index (κ1) is 21.3. The van der Waals surface area contributed by atoms with Crippen LogP contribution in [0.2, 0.25) is 0 Å². The molecule has 3 aromatic carbocycles. The fourth-order valence-corrected chi connectivity index (χ4v) is 3.90. The van der Waals surface area contributed by atoms with Gasteiger partial charge in [0.2, 0.25) is 0 Å². The van der Waals surface area contributed by atoms with Crippen molar-refractivity contribution < 1.29 is 9.53 Å². The van der Waals surface area contributed by atoms with E-state index in [1.54, 1.807) is 7.11 Å². The lowest BCUT2D eigenvalue weighted by molar-refractivity contribution is 0.0768. The zero-order valence-electron chi connectivity index (χ0n) is 18.1. The highest BCUT2D eigenvalue weighted by molar-refractivity contribution is 6.00. The van der Waals surface area contributed by atoms with Crippen LogP contribution in [-0.2, 0) is 0 Å². The molecule has 0 atom stereocenters. The average molecular weight is 427 g/mol. The second-order valence-electron chi connectivity index (χ2n) is 7.69. The Bertz CT molecular complexity index is 1100. The monoisotopic (exact) mass is 426 g/mol. The van der Waals surface area contributed by atoms with Gasteiger partial charge in [0, 0.05) is 37.6 Å². The van der Waals surface area contributed by atoms with Gasteiger partial charge in [0.25, 0.3) is 5.91 Å². The van der Waals surface area contributed by atoms with Crippen LogP contribution in [0.5, 0.6) is 5.75 Å². The lowest BCUT2D eigenvalue weighted by Gasteiger charge is -2.24. The van der Waals surface area contributed by atoms with Crippen molar-refractivity contribution in [1.82, 2.24) is 4.90 Å². The third kappa shape index (κ3) is 4.84. The highest BCUT2D eigenvalue weighted by Crippen LogP contribution is 2.25. The van der Waals surface area contributed by atoms with Crippen LogP contribution in [0.15, 0.2) is 72.8 Å². The van der Waals surface area contributed by atoms with Crippen LogP contribution < -0.4 is 15.0 Å². The number of nitrogens with zero attached hydrogens (tertiary/aromatic N) is 3. The molecule has 0 saturated carbocycles. The molecular formula is C26H26N4O2. The molecule has 1 amide bonds. The first-order chi connectivity index (χ1) is 15.7. The molecule has 6 heteroatoms. The smallest absolute Gasteiger partial charge is 0.256 e. The van der Waals surface area contributed by atoms with Crippen molar-refractivity contribution in [3.05, 3.63) is 83.9 Å². The highest BCUT2D eigenvalue weighted by Gasteiger charge is 2.22. The van der Waals surface area contributed by atoms with Gasteiger partial charge in [0.15, 0.2) is 0 Å².